The Hall–Kier alpha value is -2.07. The van der Waals surface area contributed by atoms with Crippen LogP contribution in [0.3, 0.4) is 0 Å². The fourth-order valence-corrected chi connectivity index (χ4v) is 5.51. The Morgan fingerprint density at radius 2 is 1.85 bits per heavy atom. The largest absolute Gasteiger partial charge is 0.493 e. The second-order valence-corrected chi connectivity index (χ2v) is 10.4. The van der Waals surface area contributed by atoms with Gasteiger partial charge in [-0.1, -0.05) is 84.1 Å². The van der Waals surface area contributed by atoms with Gasteiger partial charge in [0.2, 0.25) is 0 Å². The number of thiocarbonyl (C=S) groups is 1. The number of rotatable bonds is 7. The molecule has 0 atom stereocenters. The molecule has 33 heavy (non-hydrogen) atoms. The first kappa shape index (κ1) is 24.1. The van der Waals surface area contributed by atoms with E-state index in [4.69, 9.17) is 33.3 Å². The van der Waals surface area contributed by atoms with Crippen LogP contribution in [0, 0.1) is 3.57 Å². The second-order valence-electron chi connectivity index (χ2n) is 7.17. The highest BCUT2D eigenvalue weighted by atomic mass is 127. The van der Waals surface area contributed by atoms with Crippen molar-refractivity contribution in [3.63, 3.8) is 0 Å². The SMILES string of the molecule is COc1cc(/C=C2/SC(=S)N(Cc3ccccc3)C2=O)cc(I)c1OCc1ccccc1Cl. The Kier molecular flexibility index (Phi) is 7.95. The molecule has 1 aliphatic heterocycles. The lowest BCUT2D eigenvalue weighted by Gasteiger charge is -2.15. The average Bonchev–Trinajstić information content (AvgIpc) is 3.07. The number of benzene rings is 3. The van der Waals surface area contributed by atoms with E-state index in [1.807, 2.05) is 72.8 Å². The third kappa shape index (κ3) is 5.71. The van der Waals surface area contributed by atoms with E-state index in [1.165, 1.54) is 11.8 Å². The minimum Gasteiger partial charge on any atom is -0.493 e. The summed E-state index contributed by atoms with van der Waals surface area (Å²) < 4.78 is 13.0. The van der Waals surface area contributed by atoms with Crippen molar-refractivity contribution in [3.8, 4) is 11.5 Å². The molecule has 3 aromatic rings. The molecule has 168 valence electrons. The van der Waals surface area contributed by atoms with Gasteiger partial charge in [-0.15, -0.1) is 0 Å². The first-order chi connectivity index (χ1) is 16.0. The molecular weight excluding hydrogens is 589 g/mol. The standard InChI is InChI=1S/C25H19ClINO3S2/c1-30-21-12-17(11-20(27)23(21)31-15-18-9-5-6-10-19(18)26)13-22-24(29)28(25(32)33-22)14-16-7-3-2-4-8-16/h2-13H,14-15H2,1H3/b22-13+. The molecule has 0 aliphatic carbocycles. The van der Waals surface area contributed by atoms with Crippen molar-refractivity contribution in [3.05, 3.63) is 96.9 Å². The molecule has 0 spiro atoms. The molecule has 0 bridgehead atoms. The van der Waals surface area contributed by atoms with Gasteiger partial charge in [0.15, 0.2) is 11.5 Å². The fourth-order valence-electron chi connectivity index (χ4n) is 3.28. The number of nitrogens with zero attached hydrogens (tertiary/aromatic N) is 1. The first-order valence-corrected chi connectivity index (χ1v) is 12.7. The van der Waals surface area contributed by atoms with Gasteiger partial charge in [0.25, 0.3) is 5.91 Å². The number of carbonyl (C=O) groups excluding carboxylic acids is 1. The Morgan fingerprint density at radius 3 is 2.58 bits per heavy atom. The van der Waals surface area contributed by atoms with Crippen LogP contribution in [0.2, 0.25) is 5.02 Å². The van der Waals surface area contributed by atoms with Gasteiger partial charge < -0.3 is 9.47 Å². The molecule has 8 heteroatoms. The van der Waals surface area contributed by atoms with Gasteiger partial charge in [-0.05, 0) is 58.0 Å². The first-order valence-electron chi connectivity index (χ1n) is 9.99. The maximum atomic E-state index is 13.0. The van der Waals surface area contributed by atoms with E-state index in [-0.39, 0.29) is 5.91 Å². The summed E-state index contributed by atoms with van der Waals surface area (Å²) in [6.45, 7) is 0.780. The van der Waals surface area contributed by atoms with Crippen molar-refractivity contribution < 1.29 is 14.3 Å². The van der Waals surface area contributed by atoms with E-state index >= 15 is 0 Å². The molecular formula is C25H19ClINO3S2. The number of hydrogen-bond donors (Lipinski definition) is 0. The molecule has 0 saturated carbocycles. The van der Waals surface area contributed by atoms with Crippen LogP contribution < -0.4 is 9.47 Å². The lowest BCUT2D eigenvalue weighted by molar-refractivity contribution is -0.122. The van der Waals surface area contributed by atoms with Crippen LogP contribution in [0.15, 0.2) is 71.6 Å². The van der Waals surface area contributed by atoms with Crippen molar-refractivity contribution in [1.29, 1.82) is 0 Å². The maximum absolute atomic E-state index is 13.0. The van der Waals surface area contributed by atoms with E-state index < -0.39 is 0 Å². The molecule has 1 saturated heterocycles. The van der Waals surface area contributed by atoms with E-state index in [9.17, 15) is 4.79 Å². The summed E-state index contributed by atoms with van der Waals surface area (Å²) in [5.41, 5.74) is 2.76. The van der Waals surface area contributed by atoms with Crippen molar-refractivity contribution in [1.82, 2.24) is 4.90 Å². The number of methoxy groups -OCH3 is 1. The summed E-state index contributed by atoms with van der Waals surface area (Å²) in [6, 6.07) is 21.2. The average molecular weight is 608 g/mol. The lowest BCUT2D eigenvalue weighted by Crippen LogP contribution is -2.27. The third-order valence-electron chi connectivity index (χ3n) is 4.94. The summed E-state index contributed by atoms with van der Waals surface area (Å²) in [5, 5.41) is 0.653. The third-order valence-corrected chi connectivity index (χ3v) is 7.48. The summed E-state index contributed by atoms with van der Waals surface area (Å²) in [4.78, 5) is 15.2. The Morgan fingerprint density at radius 1 is 1.12 bits per heavy atom. The number of amides is 1. The van der Waals surface area contributed by atoms with Gasteiger partial charge >= 0.3 is 0 Å². The van der Waals surface area contributed by atoms with Gasteiger partial charge in [0, 0.05) is 10.6 Å². The molecule has 1 amide bonds. The molecule has 1 aliphatic rings. The minimum atomic E-state index is -0.0955. The van der Waals surface area contributed by atoms with E-state index in [0.717, 1.165) is 20.3 Å². The summed E-state index contributed by atoms with van der Waals surface area (Å²) >= 11 is 15.2. The zero-order valence-electron chi connectivity index (χ0n) is 17.6. The zero-order chi connectivity index (χ0) is 23.4. The molecule has 1 fully saturated rings. The summed E-state index contributed by atoms with van der Waals surface area (Å²) in [5.74, 6) is 1.12. The summed E-state index contributed by atoms with van der Waals surface area (Å²) in [6.07, 6.45) is 1.84. The van der Waals surface area contributed by atoms with Gasteiger partial charge in [0.1, 0.15) is 10.9 Å². The highest BCUT2D eigenvalue weighted by Crippen LogP contribution is 2.38. The number of halogens is 2. The quantitative estimate of drug-likeness (QED) is 0.165. The predicted octanol–water partition coefficient (Wildman–Crippen LogP) is 6.93. The number of carbonyl (C=O) groups is 1. The molecule has 0 N–H and O–H groups in total. The second kappa shape index (κ2) is 10.9. The van der Waals surface area contributed by atoms with Crippen molar-refractivity contribution in [2.45, 2.75) is 13.2 Å². The minimum absolute atomic E-state index is 0.0955. The molecule has 1 heterocycles. The Labute approximate surface area is 221 Å². The van der Waals surface area contributed by atoms with Crippen LogP contribution in [-0.4, -0.2) is 22.2 Å². The molecule has 4 rings (SSSR count). The van der Waals surface area contributed by atoms with Crippen molar-refractivity contribution in [2.75, 3.05) is 7.11 Å². The predicted molar refractivity (Wildman–Crippen MR) is 147 cm³/mol. The fraction of sp³-hybridized carbons (Fsp3) is 0.120. The van der Waals surface area contributed by atoms with Crippen LogP contribution in [0.1, 0.15) is 16.7 Å². The maximum Gasteiger partial charge on any atom is 0.266 e. The van der Waals surface area contributed by atoms with Crippen LogP contribution >= 0.6 is 58.2 Å². The smallest absolute Gasteiger partial charge is 0.266 e. The normalized spacial score (nSPS) is 14.8. The lowest BCUT2D eigenvalue weighted by atomic mass is 10.1. The molecule has 0 unspecified atom stereocenters. The molecule has 3 aromatic carbocycles. The summed E-state index contributed by atoms with van der Waals surface area (Å²) in [7, 11) is 1.59. The topological polar surface area (TPSA) is 38.8 Å². The van der Waals surface area contributed by atoms with Crippen LogP contribution in [0.25, 0.3) is 6.08 Å². The van der Waals surface area contributed by atoms with Gasteiger partial charge in [0.05, 0.1) is 22.1 Å². The Balaban J connectivity index is 1.54. The van der Waals surface area contributed by atoms with Gasteiger partial charge in [-0.2, -0.15) is 0 Å². The monoisotopic (exact) mass is 607 g/mol. The van der Waals surface area contributed by atoms with E-state index in [0.29, 0.717) is 38.9 Å². The number of ether oxygens (including phenoxy) is 2. The van der Waals surface area contributed by atoms with Crippen molar-refractivity contribution >= 4 is 74.5 Å². The zero-order valence-corrected chi connectivity index (χ0v) is 22.1. The van der Waals surface area contributed by atoms with Crippen molar-refractivity contribution in [2.24, 2.45) is 0 Å². The van der Waals surface area contributed by atoms with Crippen LogP contribution in [0.5, 0.6) is 11.5 Å². The van der Waals surface area contributed by atoms with E-state index in [2.05, 4.69) is 22.6 Å². The van der Waals surface area contributed by atoms with Gasteiger partial charge in [-0.25, -0.2) is 0 Å². The molecule has 0 aromatic heterocycles. The number of hydrogen-bond acceptors (Lipinski definition) is 5. The highest BCUT2D eigenvalue weighted by molar-refractivity contribution is 14.1. The molecule has 4 nitrogen and oxygen atoms in total. The Bertz CT molecular complexity index is 1230. The van der Waals surface area contributed by atoms with E-state index in [1.54, 1.807) is 12.0 Å². The molecule has 0 radical (unpaired) electrons. The highest BCUT2D eigenvalue weighted by Gasteiger charge is 2.32. The van der Waals surface area contributed by atoms with Crippen LogP contribution in [0.4, 0.5) is 0 Å². The van der Waals surface area contributed by atoms with Gasteiger partial charge in [-0.3, -0.25) is 9.69 Å². The number of thioether (sulfide) groups is 1. The van der Waals surface area contributed by atoms with Crippen LogP contribution in [-0.2, 0) is 17.9 Å².